The first-order valence-corrected chi connectivity index (χ1v) is 9.30. The number of sulfonamides is 1. The van der Waals surface area contributed by atoms with Crippen molar-refractivity contribution in [2.24, 2.45) is 11.7 Å². The summed E-state index contributed by atoms with van der Waals surface area (Å²) in [5.74, 6) is 0.872. The van der Waals surface area contributed by atoms with E-state index >= 15 is 0 Å². The number of nitrogens with zero attached hydrogens (tertiary/aromatic N) is 1. The van der Waals surface area contributed by atoms with Gasteiger partial charge in [0.05, 0.1) is 19.2 Å². The molecule has 1 saturated heterocycles. The summed E-state index contributed by atoms with van der Waals surface area (Å²) < 4.78 is 37.7. The summed E-state index contributed by atoms with van der Waals surface area (Å²) in [6, 6.07) is 2.82. The van der Waals surface area contributed by atoms with Crippen LogP contribution < -0.4 is 15.2 Å². The molecule has 0 bridgehead atoms. The number of ether oxygens (including phenoxy) is 2. The Kier molecular flexibility index (Phi) is 7.62. The molecular formula is C15H24Cl2N2O4S. The lowest BCUT2D eigenvalue weighted by atomic mass is 9.93. The van der Waals surface area contributed by atoms with E-state index in [1.54, 1.807) is 0 Å². The quantitative estimate of drug-likeness (QED) is 0.823. The van der Waals surface area contributed by atoms with Gasteiger partial charge in [0.15, 0.2) is 11.5 Å². The van der Waals surface area contributed by atoms with Crippen LogP contribution in [0.25, 0.3) is 0 Å². The maximum Gasteiger partial charge on any atom is 0.244 e. The molecule has 1 aliphatic rings. The first-order chi connectivity index (χ1) is 10.8. The fourth-order valence-electron chi connectivity index (χ4n) is 2.79. The van der Waals surface area contributed by atoms with Crippen molar-refractivity contribution in [3.63, 3.8) is 0 Å². The number of nitrogens with two attached hydrogens (primary N) is 1. The van der Waals surface area contributed by atoms with Crippen LogP contribution in [0.3, 0.4) is 0 Å². The highest BCUT2D eigenvalue weighted by Crippen LogP contribution is 2.37. The molecular weight excluding hydrogens is 375 g/mol. The summed E-state index contributed by atoms with van der Waals surface area (Å²) in [5.41, 5.74) is 5.94. The summed E-state index contributed by atoms with van der Waals surface area (Å²) >= 11 is 6.17. The smallest absolute Gasteiger partial charge is 0.244 e. The zero-order chi connectivity index (χ0) is 17.2. The first kappa shape index (κ1) is 21.3. The molecule has 0 saturated carbocycles. The van der Waals surface area contributed by atoms with Gasteiger partial charge < -0.3 is 15.2 Å². The van der Waals surface area contributed by atoms with Gasteiger partial charge in [0.2, 0.25) is 10.0 Å². The lowest BCUT2D eigenvalue weighted by Crippen LogP contribution is -2.45. The molecule has 2 unspecified atom stereocenters. The molecule has 1 aromatic carbocycles. The minimum absolute atomic E-state index is 0. The molecule has 2 atom stereocenters. The molecule has 138 valence electrons. The van der Waals surface area contributed by atoms with E-state index in [0.717, 1.165) is 12.8 Å². The number of hydrogen-bond acceptors (Lipinski definition) is 5. The summed E-state index contributed by atoms with van der Waals surface area (Å²) in [5, 5.41) is 0.116. The van der Waals surface area contributed by atoms with Gasteiger partial charge in [0.1, 0.15) is 4.90 Å². The monoisotopic (exact) mass is 398 g/mol. The molecule has 0 aliphatic carbocycles. The van der Waals surface area contributed by atoms with Gasteiger partial charge >= 0.3 is 0 Å². The second-order valence-corrected chi connectivity index (χ2v) is 8.08. The predicted octanol–water partition coefficient (Wildman–Crippen LogP) is 2.53. The normalized spacial score (nSPS) is 20.1. The van der Waals surface area contributed by atoms with Crippen LogP contribution in [-0.4, -0.2) is 46.1 Å². The minimum Gasteiger partial charge on any atom is -0.493 e. The number of halogens is 2. The van der Waals surface area contributed by atoms with Crippen LogP contribution in [0.5, 0.6) is 11.5 Å². The Morgan fingerprint density at radius 3 is 2.42 bits per heavy atom. The SMILES string of the molecule is COc1cc(Cl)c(S(=O)(=O)N2CCCC(C(C)N)C2)cc1OC.Cl. The summed E-state index contributed by atoms with van der Waals surface area (Å²) in [4.78, 5) is 0.0298. The molecule has 1 fully saturated rings. The fourth-order valence-corrected chi connectivity index (χ4v) is 4.84. The van der Waals surface area contributed by atoms with E-state index in [1.165, 1.54) is 30.7 Å². The molecule has 2 rings (SSSR count). The van der Waals surface area contributed by atoms with Gasteiger partial charge in [-0.2, -0.15) is 4.31 Å². The van der Waals surface area contributed by atoms with Crippen LogP contribution in [0.2, 0.25) is 5.02 Å². The lowest BCUT2D eigenvalue weighted by Gasteiger charge is -2.34. The van der Waals surface area contributed by atoms with Crippen LogP contribution in [0.4, 0.5) is 0 Å². The molecule has 1 heterocycles. The Labute approximate surface area is 154 Å². The number of rotatable bonds is 5. The van der Waals surface area contributed by atoms with Crippen LogP contribution in [-0.2, 0) is 10.0 Å². The highest BCUT2D eigenvalue weighted by atomic mass is 35.5. The van der Waals surface area contributed by atoms with Crippen LogP contribution in [0, 0.1) is 5.92 Å². The van der Waals surface area contributed by atoms with Gasteiger partial charge in [0.25, 0.3) is 0 Å². The van der Waals surface area contributed by atoms with Gasteiger partial charge in [-0.25, -0.2) is 8.42 Å². The third-order valence-electron chi connectivity index (χ3n) is 4.22. The summed E-state index contributed by atoms with van der Waals surface area (Å²) in [7, 11) is -0.780. The van der Waals surface area contributed by atoms with E-state index in [1.807, 2.05) is 6.92 Å². The van der Waals surface area contributed by atoms with Crippen molar-refractivity contribution >= 4 is 34.0 Å². The number of piperidine rings is 1. The maximum atomic E-state index is 12.9. The van der Waals surface area contributed by atoms with E-state index in [-0.39, 0.29) is 34.3 Å². The Morgan fingerprint density at radius 1 is 1.29 bits per heavy atom. The second-order valence-electron chi connectivity index (χ2n) is 5.76. The molecule has 1 aliphatic heterocycles. The summed E-state index contributed by atoms with van der Waals surface area (Å²) in [6.07, 6.45) is 1.72. The molecule has 0 spiro atoms. The Balaban J connectivity index is 0.00000288. The number of benzene rings is 1. The Morgan fingerprint density at radius 2 is 1.88 bits per heavy atom. The van der Waals surface area contributed by atoms with E-state index in [4.69, 9.17) is 26.8 Å². The predicted molar refractivity (Wildman–Crippen MR) is 96.9 cm³/mol. The highest BCUT2D eigenvalue weighted by Gasteiger charge is 2.33. The van der Waals surface area contributed by atoms with E-state index < -0.39 is 10.0 Å². The van der Waals surface area contributed by atoms with Crippen molar-refractivity contribution in [3.05, 3.63) is 17.2 Å². The maximum absolute atomic E-state index is 12.9. The van der Waals surface area contributed by atoms with Crippen molar-refractivity contribution in [2.75, 3.05) is 27.3 Å². The van der Waals surface area contributed by atoms with Crippen molar-refractivity contribution < 1.29 is 17.9 Å². The molecule has 0 amide bonds. The highest BCUT2D eigenvalue weighted by molar-refractivity contribution is 7.89. The van der Waals surface area contributed by atoms with Crippen molar-refractivity contribution in [2.45, 2.75) is 30.7 Å². The zero-order valence-electron chi connectivity index (χ0n) is 14.0. The number of hydrogen-bond donors (Lipinski definition) is 1. The fraction of sp³-hybridized carbons (Fsp3) is 0.600. The van der Waals surface area contributed by atoms with Gasteiger partial charge in [-0.1, -0.05) is 11.6 Å². The Bertz CT molecular complexity index is 668. The lowest BCUT2D eigenvalue weighted by molar-refractivity contribution is 0.243. The average Bonchev–Trinajstić information content (AvgIpc) is 2.54. The molecule has 9 heteroatoms. The van der Waals surface area contributed by atoms with Crippen molar-refractivity contribution in [1.29, 1.82) is 0 Å². The minimum atomic E-state index is -3.71. The van der Waals surface area contributed by atoms with Crippen LogP contribution in [0.15, 0.2) is 17.0 Å². The molecule has 6 nitrogen and oxygen atoms in total. The topological polar surface area (TPSA) is 81.9 Å². The van der Waals surface area contributed by atoms with Gasteiger partial charge in [-0.15, -0.1) is 12.4 Å². The van der Waals surface area contributed by atoms with E-state index in [0.29, 0.717) is 24.6 Å². The third-order valence-corrected chi connectivity index (χ3v) is 6.55. The van der Waals surface area contributed by atoms with Crippen LogP contribution in [0.1, 0.15) is 19.8 Å². The largest absolute Gasteiger partial charge is 0.493 e. The standard InChI is InChI=1S/C15H23ClN2O4S.ClH/c1-10(17)11-5-4-6-18(9-11)23(19,20)15-8-14(22-3)13(21-2)7-12(15)16;/h7-8,10-11H,4-6,9,17H2,1-3H3;1H. The Hall–Kier alpha value is -0.730. The van der Waals surface area contributed by atoms with Gasteiger partial charge in [-0.05, 0) is 25.7 Å². The van der Waals surface area contributed by atoms with Crippen molar-refractivity contribution in [1.82, 2.24) is 4.31 Å². The van der Waals surface area contributed by atoms with Crippen molar-refractivity contribution in [3.8, 4) is 11.5 Å². The van der Waals surface area contributed by atoms with E-state index in [9.17, 15) is 8.42 Å². The molecule has 24 heavy (non-hydrogen) atoms. The molecule has 1 aromatic rings. The number of methoxy groups -OCH3 is 2. The first-order valence-electron chi connectivity index (χ1n) is 7.48. The molecule has 0 radical (unpaired) electrons. The zero-order valence-corrected chi connectivity index (χ0v) is 16.4. The van der Waals surface area contributed by atoms with E-state index in [2.05, 4.69) is 0 Å². The van der Waals surface area contributed by atoms with Crippen LogP contribution >= 0.6 is 24.0 Å². The molecule has 2 N–H and O–H groups in total. The second kappa shape index (κ2) is 8.58. The molecule has 0 aromatic heterocycles. The van der Waals surface area contributed by atoms with Gasteiger partial charge in [0, 0.05) is 31.3 Å². The van der Waals surface area contributed by atoms with Gasteiger partial charge in [-0.3, -0.25) is 0 Å². The average molecular weight is 399 g/mol. The summed E-state index contributed by atoms with van der Waals surface area (Å²) in [6.45, 7) is 2.78. The third kappa shape index (κ3) is 4.26.